The average Bonchev–Trinajstić information content (AvgIpc) is 2.99. The van der Waals surface area contributed by atoms with Gasteiger partial charge in [-0.2, -0.15) is 0 Å². The minimum atomic E-state index is 0.134. The fraction of sp³-hybridized carbons (Fsp3) is 0.533. The largest absolute Gasteiger partial charge is 0.330 e. The van der Waals surface area contributed by atoms with E-state index < -0.39 is 0 Å². The highest BCUT2D eigenvalue weighted by Gasteiger charge is 2.42. The number of hydrogen-bond donors (Lipinski definition) is 1. The highest BCUT2D eigenvalue weighted by molar-refractivity contribution is 7.18. The molecule has 2 nitrogen and oxygen atoms in total. The maximum Gasteiger partial charge on any atom is 0.0992 e. The number of thiazole rings is 1. The van der Waals surface area contributed by atoms with Gasteiger partial charge in [0.25, 0.3) is 0 Å². The number of nitrogens with zero attached hydrogens (tertiary/aromatic N) is 1. The van der Waals surface area contributed by atoms with Crippen molar-refractivity contribution in [2.75, 3.05) is 6.54 Å². The predicted octanol–water partition coefficient (Wildman–Crippen LogP) is 3.58. The molecule has 1 fully saturated rings. The smallest absolute Gasteiger partial charge is 0.0992 e. The van der Waals surface area contributed by atoms with E-state index in [4.69, 9.17) is 10.7 Å². The molecular formula is C15H20N2S. The standard InChI is InChI=1S/C15H20N2S/c1-14(2,3)13-17-11-8-10(4-5-12(11)18-13)15(9-16)6-7-15/h4-5,8H,6-7,9,16H2,1-3H3. The Morgan fingerprint density at radius 2 is 2.06 bits per heavy atom. The van der Waals surface area contributed by atoms with E-state index in [2.05, 4.69) is 39.0 Å². The number of aromatic nitrogens is 1. The quantitative estimate of drug-likeness (QED) is 0.896. The number of fused-ring (bicyclic) bond motifs is 1. The molecule has 1 heterocycles. The minimum absolute atomic E-state index is 0.134. The first kappa shape index (κ1) is 12.1. The molecule has 3 rings (SSSR count). The molecule has 1 aliphatic carbocycles. The van der Waals surface area contributed by atoms with Crippen molar-refractivity contribution in [1.82, 2.24) is 4.98 Å². The molecule has 0 spiro atoms. The highest BCUT2D eigenvalue weighted by atomic mass is 32.1. The van der Waals surface area contributed by atoms with Crippen LogP contribution >= 0.6 is 11.3 Å². The Balaban J connectivity index is 2.08. The monoisotopic (exact) mass is 260 g/mol. The SMILES string of the molecule is CC(C)(C)c1nc2cc(C3(CN)CC3)ccc2s1. The van der Waals surface area contributed by atoms with Crippen molar-refractivity contribution in [3.63, 3.8) is 0 Å². The molecule has 18 heavy (non-hydrogen) atoms. The van der Waals surface area contributed by atoms with Gasteiger partial charge in [0.1, 0.15) is 0 Å². The zero-order valence-electron chi connectivity index (χ0n) is 11.3. The van der Waals surface area contributed by atoms with Crippen LogP contribution in [0.5, 0.6) is 0 Å². The summed E-state index contributed by atoms with van der Waals surface area (Å²) >= 11 is 1.81. The second kappa shape index (κ2) is 3.78. The number of rotatable bonds is 2. The minimum Gasteiger partial charge on any atom is -0.330 e. The average molecular weight is 260 g/mol. The van der Waals surface area contributed by atoms with Crippen molar-refractivity contribution in [3.8, 4) is 0 Å². The van der Waals surface area contributed by atoms with Gasteiger partial charge >= 0.3 is 0 Å². The predicted molar refractivity (Wildman–Crippen MR) is 78.3 cm³/mol. The van der Waals surface area contributed by atoms with E-state index in [9.17, 15) is 0 Å². The molecule has 0 aliphatic heterocycles. The summed E-state index contributed by atoms with van der Waals surface area (Å²) in [6.07, 6.45) is 2.45. The molecule has 0 saturated heterocycles. The molecule has 0 bridgehead atoms. The maximum absolute atomic E-state index is 5.90. The lowest BCUT2D eigenvalue weighted by molar-refractivity contribution is 0.587. The summed E-state index contributed by atoms with van der Waals surface area (Å²) in [4.78, 5) is 4.80. The van der Waals surface area contributed by atoms with Crippen molar-refractivity contribution in [2.24, 2.45) is 5.73 Å². The fourth-order valence-corrected chi connectivity index (χ4v) is 3.34. The van der Waals surface area contributed by atoms with Crippen LogP contribution in [0.1, 0.15) is 44.2 Å². The Labute approximate surface area is 112 Å². The Hall–Kier alpha value is -0.930. The Morgan fingerprint density at radius 3 is 2.61 bits per heavy atom. The molecule has 1 aliphatic rings. The number of benzene rings is 1. The summed E-state index contributed by atoms with van der Waals surface area (Å²) in [5.41, 5.74) is 8.82. The van der Waals surface area contributed by atoms with E-state index in [0.717, 1.165) is 12.1 Å². The van der Waals surface area contributed by atoms with Gasteiger partial charge in [0.15, 0.2) is 0 Å². The second-order valence-corrected chi connectivity index (χ2v) is 7.47. The van der Waals surface area contributed by atoms with E-state index >= 15 is 0 Å². The summed E-state index contributed by atoms with van der Waals surface area (Å²) < 4.78 is 1.29. The van der Waals surface area contributed by atoms with Gasteiger partial charge < -0.3 is 5.73 Å². The summed E-state index contributed by atoms with van der Waals surface area (Å²) in [5, 5.41) is 1.22. The first-order valence-corrected chi connectivity index (χ1v) is 7.38. The third-order valence-electron chi connectivity index (χ3n) is 3.89. The Kier molecular flexibility index (Phi) is 2.55. The molecule has 0 radical (unpaired) electrons. The summed E-state index contributed by atoms with van der Waals surface area (Å²) in [6.45, 7) is 7.41. The molecule has 2 N–H and O–H groups in total. The van der Waals surface area contributed by atoms with Gasteiger partial charge in [-0.3, -0.25) is 0 Å². The van der Waals surface area contributed by atoms with Crippen molar-refractivity contribution in [2.45, 2.75) is 44.4 Å². The van der Waals surface area contributed by atoms with E-state index in [-0.39, 0.29) is 10.8 Å². The number of nitrogens with two attached hydrogens (primary N) is 1. The third-order valence-corrected chi connectivity index (χ3v) is 5.35. The van der Waals surface area contributed by atoms with E-state index in [1.54, 1.807) is 0 Å². The van der Waals surface area contributed by atoms with Gasteiger partial charge in [-0.15, -0.1) is 11.3 Å². The van der Waals surface area contributed by atoms with Crippen LogP contribution in [0.15, 0.2) is 18.2 Å². The summed E-state index contributed by atoms with van der Waals surface area (Å²) in [6, 6.07) is 6.71. The third kappa shape index (κ3) is 1.86. The lowest BCUT2D eigenvalue weighted by Crippen LogP contribution is -2.19. The lowest BCUT2D eigenvalue weighted by Gasteiger charge is -2.13. The van der Waals surface area contributed by atoms with Crippen LogP contribution in [0.2, 0.25) is 0 Å². The van der Waals surface area contributed by atoms with E-state index in [0.29, 0.717) is 0 Å². The van der Waals surface area contributed by atoms with Crippen molar-refractivity contribution >= 4 is 21.6 Å². The van der Waals surface area contributed by atoms with Gasteiger partial charge in [-0.1, -0.05) is 26.8 Å². The zero-order chi connectivity index (χ0) is 13.0. The molecule has 0 amide bonds. The van der Waals surface area contributed by atoms with Gasteiger partial charge in [-0.05, 0) is 30.5 Å². The molecule has 0 unspecified atom stereocenters. The maximum atomic E-state index is 5.90. The van der Waals surface area contributed by atoms with E-state index in [1.807, 2.05) is 11.3 Å². The van der Waals surface area contributed by atoms with Crippen LogP contribution in [-0.2, 0) is 10.8 Å². The van der Waals surface area contributed by atoms with Crippen LogP contribution in [0.4, 0.5) is 0 Å². The molecule has 1 aromatic carbocycles. The highest BCUT2D eigenvalue weighted by Crippen LogP contribution is 2.48. The zero-order valence-corrected chi connectivity index (χ0v) is 12.1. The summed E-state index contributed by atoms with van der Waals surface area (Å²) in [5.74, 6) is 0. The second-order valence-electron chi connectivity index (χ2n) is 6.44. The van der Waals surface area contributed by atoms with Gasteiger partial charge in [-0.25, -0.2) is 4.98 Å². The van der Waals surface area contributed by atoms with Crippen LogP contribution in [0, 0.1) is 0 Å². The Morgan fingerprint density at radius 1 is 1.33 bits per heavy atom. The van der Waals surface area contributed by atoms with E-state index in [1.165, 1.54) is 28.1 Å². The molecule has 1 aromatic heterocycles. The molecular weight excluding hydrogens is 240 g/mol. The van der Waals surface area contributed by atoms with Crippen LogP contribution in [0.25, 0.3) is 10.2 Å². The molecule has 3 heteroatoms. The van der Waals surface area contributed by atoms with Crippen molar-refractivity contribution < 1.29 is 0 Å². The first-order valence-electron chi connectivity index (χ1n) is 6.56. The lowest BCUT2D eigenvalue weighted by atomic mass is 9.96. The topological polar surface area (TPSA) is 38.9 Å². The number of hydrogen-bond acceptors (Lipinski definition) is 3. The van der Waals surface area contributed by atoms with Crippen LogP contribution < -0.4 is 5.73 Å². The van der Waals surface area contributed by atoms with Crippen LogP contribution in [-0.4, -0.2) is 11.5 Å². The molecule has 2 aromatic rings. The molecule has 0 atom stereocenters. The molecule has 1 saturated carbocycles. The summed E-state index contributed by atoms with van der Waals surface area (Å²) in [7, 11) is 0. The van der Waals surface area contributed by atoms with Crippen molar-refractivity contribution in [3.05, 3.63) is 28.8 Å². The molecule has 96 valence electrons. The first-order chi connectivity index (χ1) is 8.44. The van der Waals surface area contributed by atoms with Crippen molar-refractivity contribution in [1.29, 1.82) is 0 Å². The fourth-order valence-electron chi connectivity index (χ4n) is 2.34. The van der Waals surface area contributed by atoms with Gasteiger partial charge in [0.2, 0.25) is 0 Å². The van der Waals surface area contributed by atoms with Crippen LogP contribution in [0.3, 0.4) is 0 Å². The normalized spacial score (nSPS) is 18.2. The van der Waals surface area contributed by atoms with Gasteiger partial charge in [0.05, 0.1) is 15.2 Å². The Bertz CT molecular complexity index is 588. The van der Waals surface area contributed by atoms with Gasteiger partial charge in [0, 0.05) is 17.4 Å².